The Labute approximate surface area is 198 Å². The van der Waals surface area contributed by atoms with E-state index in [2.05, 4.69) is 10.6 Å². The predicted octanol–water partition coefficient (Wildman–Crippen LogP) is 3.51. The Morgan fingerprint density at radius 2 is 1.90 bits per heavy atom. The van der Waals surface area contributed by atoms with E-state index in [1.54, 1.807) is 33.5 Å². The van der Waals surface area contributed by atoms with E-state index < -0.39 is 6.10 Å². The number of halogens is 1. The second-order valence-corrected chi connectivity index (χ2v) is 7.65. The molecule has 1 saturated carbocycles. The standard InChI is InChI=1S/C22H37N3O4.HI/c1-5-23-21(25-16-22(12-13-27-2)10-6-7-11-22)24-15-19(26)18-14-17(28-3)8-9-20(18)29-4;/h8-9,14,19,26H,5-7,10-13,15-16H2,1-4H3,(H2,23,24,25);1H. The fraction of sp³-hybridized carbons (Fsp3) is 0.682. The van der Waals surface area contributed by atoms with Crippen molar-refractivity contribution >= 4 is 29.9 Å². The molecule has 1 fully saturated rings. The highest BCUT2D eigenvalue weighted by Gasteiger charge is 2.33. The molecule has 0 radical (unpaired) electrons. The van der Waals surface area contributed by atoms with Crippen LogP contribution in [0, 0.1) is 5.41 Å². The molecular formula is C22H38IN3O4. The number of hydrogen-bond acceptors (Lipinski definition) is 5. The van der Waals surface area contributed by atoms with Gasteiger partial charge in [0.15, 0.2) is 5.96 Å². The smallest absolute Gasteiger partial charge is 0.191 e. The van der Waals surface area contributed by atoms with Gasteiger partial charge in [0.1, 0.15) is 11.5 Å². The summed E-state index contributed by atoms with van der Waals surface area (Å²) in [5.41, 5.74) is 0.912. The molecule has 1 unspecified atom stereocenters. The van der Waals surface area contributed by atoms with Crippen LogP contribution in [0.25, 0.3) is 0 Å². The predicted molar refractivity (Wildman–Crippen MR) is 131 cm³/mol. The van der Waals surface area contributed by atoms with Crippen LogP contribution < -0.4 is 20.1 Å². The first-order valence-corrected chi connectivity index (χ1v) is 10.5. The van der Waals surface area contributed by atoms with Gasteiger partial charge in [0.05, 0.1) is 20.3 Å². The molecule has 7 nitrogen and oxygen atoms in total. The Balaban J connectivity index is 0.00000450. The first kappa shape index (κ1) is 26.8. The molecule has 0 aliphatic heterocycles. The summed E-state index contributed by atoms with van der Waals surface area (Å²) < 4.78 is 16.0. The zero-order valence-corrected chi connectivity index (χ0v) is 21.0. The van der Waals surface area contributed by atoms with Crippen molar-refractivity contribution in [3.05, 3.63) is 23.8 Å². The first-order chi connectivity index (χ1) is 14.1. The summed E-state index contributed by atoms with van der Waals surface area (Å²) in [6.45, 7) is 4.66. The van der Waals surface area contributed by atoms with Gasteiger partial charge in [-0.1, -0.05) is 12.8 Å². The highest BCUT2D eigenvalue weighted by atomic mass is 127. The molecule has 0 amide bonds. The molecule has 172 valence electrons. The second kappa shape index (κ2) is 13.9. The molecule has 8 heteroatoms. The van der Waals surface area contributed by atoms with Crippen LogP contribution in [0.3, 0.4) is 0 Å². The van der Waals surface area contributed by atoms with Gasteiger partial charge in [-0.2, -0.15) is 0 Å². The van der Waals surface area contributed by atoms with E-state index in [1.807, 2.05) is 13.0 Å². The number of methoxy groups -OCH3 is 3. The number of nitrogens with zero attached hydrogens (tertiary/aromatic N) is 1. The van der Waals surface area contributed by atoms with E-state index in [1.165, 1.54) is 25.7 Å². The number of nitrogens with one attached hydrogen (secondary N) is 2. The zero-order valence-electron chi connectivity index (χ0n) is 18.7. The van der Waals surface area contributed by atoms with Gasteiger partial charge in [-0.05, 0) is 49.8 Å². The van der Waals surface area contributed by atoms with Gasteiger partial charge in [-0.3, -0.25) is 4.99 Å². The summed E-state index contributed by atoms with van der Waals surface area (Å²) in [7, 11) is 4.96. The van der Waals surface area contributed by atoms with Gasteiger partial charge in [0.2, 0.25) is 0 Å². The maximum Gasteiger partial charge on any atom is 0.191 e. The Kier molecular flexibility index (Phi) is 12.4. The number of guanidine groups is 1. The molecule has 0 spiro atoms. The van der Waals surface area contributed by atoms with E-state index in [-0.39, 0.29) is 29.4 Å². The van der Waals surface area contributed by atoms with E-state index in [0.717, 1.165) is 32.1 Å². The molecule has 30 heavy (non-hydrogen) atoms. The lowest BCUT2D eigenvalue weighted by molar-refractivity contribution is 0.141. The average molecular weight is 535 g/mol. The molecule has 0 aromatic heterocycles. The summed E-state index contributed by atoms with van der Waals surface area (Å²) in [6.07, 6.45) is 5.20. The van der Waals surface area contributed by atoms with Crippen LogP contribution in [0.5, 0.6) is 11.5 Å². The maximum atomic E-state index is 10.7. The number of aliphatic hydroxyl groups excluding tert-OH is 1. The molecule has 1 atom stereocenters. The van der Waals surface area contributed by atoms with Crippen LogP contribution in [-0.2, 0) is 4.74 Å². The van der Waals surface area contributed by atoms with Gasteiger partial charge in [0, 0.05) is 38.9 Å². The van der Waals surface area contributed by atoms with Gasteiger partial charge in [0.25, 0.3) is 0 Å². The SMILES string of the molecule is CCNC(=NCC1(CCOC)CCCC1)NCC(O)c1cc(OC)ccc1OC.I. The molecule has 2 rings (SSSR count). The number of ether oxygens (including phenoxy) is 3. The van der Waals surface area contributed by atoms with E-state index in [0.29, 0.717) is 23.6 Å². The largest absolute Gasteiger partial charge is 0.497 e. The highest BCUT2D eigenvalue weighted by molar-refractivity contribution is 14.0. The lowest BCUT2D eigenvalue weighted by Crippen LogP contribution is -2.40. The van der Waals surface area contributed by atoms with Gasteiger partial charge >= 0.3 is 0 Å². The quantitative estimate of drug-likeness (QED) is 0.229. The number of hydrogen-bond donors (Lipinski definition) is 3. The van der Waals surface area contributed by atoms with Crippen LogP contribution in [0.2, 0.25) is 0 Å². The number of aliphatic imine (C=N–C) groups is 1. The minimum atomic E-state index is -0.752. The van der Waals surface area contributed by atoms with Crippen molar-refractivity contribution in [3.63, 3.8) is 0 Å². The fourth-order valence-corrected chi connectivity index (χ4v) is 3.92. The second-order valence-electron chi connectivity index (χ2n) is 7.65. The third kappa shape index (κ3) is 7.77. The molecule has 0 saturated heterocycles. The lowest BCUT2D eigenvalue weighted by Gasteiger charge is -2.27. The molecule has 3 N–H and O–H groups in total. The monoisotopic (exact) mass is 535 g/mol. The van der Waals surface area contributed by atoms with Crippen LogP contribution in [0.15, 0.2) is 23.2 Å². The van der Waals surface area contributed by atoms with Crippen molar-refractivity contribution in [3.8, 4) is 11.5 Å². The van der Waals surface area contributed by atoms with Crippen molar-refractivity contribution < 1.29 is 19.3 Å². The average Bonchev–Trinajstić information content (AvgIpc) is 3.22. The van der Waals surface area contributed by atoms with Crippen LogP contribution >= 0.6 is 24.0 Å². The number of aliphatic hydroxyl groups is 1. The summed E-state index contributed by atoms with van der Waals surface area (Å²) in [5.74, 6) is 2.03. The first-order valence-electron chi connectivity index (χ1n) is 10.5. The van der Waals surface area contributed by atoms with Crippen LogP contribution in [0.1, 0.15) is 50.7 Å². The van der Waals surface area contributed by atoms with E-state index >= 15 is 0 Å². The molecule has 0 bridgehead atoms. The third-order valence-electron chi connectivity index (χ3n) is 5.68. The van der Waals surface area contributed by atoms with Crippen molar-refractivity contribution in [1.29, 1.82) is 0 Å². The van der Waals surface area contributed by atoms with Crippen LogP contribution in [-0.4, -0.2) is 58.6 Å². The molecule has 1 aromatic rings. The van der Waals surface area contributed by atoms with Crippen molar-refractivity contribution in [1.82, 2.24) is 10.6 Å². The number of rotatable bonds is 11. The Hall–Kier alpha value is -1.26. The topological polar surface area (TPSA) is 84.3 Å². The summed E-state index contributed by atoms with van der Waals surface area (Å²) in [6, 6.07) is 5.42. The third-order valence-corrected chi connectivity index (χ3v) is 5.68. The van der Waals surface area contributed by atoms with Crippen molar-refractivity contribution in [2.45, 2.75) is 45.1 Å². The van der Waals surface area contributed by atoms with Crippen molar-refractivity contribution in [2.75, 3.05) is 47.6 Å². The summed E-state index contributed by atoms with van der Waals surface area (Å²) in [4.78, 5) is 4.83. The molecule has 0 heterocycles. The minimum Gasteiger partial charge on any atom is -0.497 e. The van der Waals surface area contributed by atoms with Gasteiger partial charge in [-0.15, -0.1) is 24.0 Å². The maximum absolute atomic E-state index is 10.7. The highest BCUT2D eigenvalue weighted by Crippen LogP contribution is 2.41. The number of benzene rings is 1. The molecule has 1 aromatic carbocycles. The lowest BCUT2D eigenvalue weighted by atomic mass is 9.83. The van der Waals surface area contributed by atoms with Crippen LogP contribution in [0.4, 0.5) is 0 Å². The van der Waals surface area contributed by atoms with Gasteiger partial charge < -0.3 is 30.0 Å². The van der Waals surface area contributed by atoms with E-state index in [9.17, 15) is 5.11 Å². The Bertz CT molecular complexity index is 651. The normalized spacial score (nSPS) is 16.5. The minimum absolute atomic E-state index is 0. The molecule has 1 aliphatic carbocycles. The van der Waals surface area contributed by atoms with Crippen molar-refractivity contribution in [2.24, 2.45) is 10.4 Å². The summed E-state index contributed by atoms with van der Waals surface area (Å²) >= 11 is 0. The molecule has 1 aliphatic rings. The Morgan fingerprint density at radius 3 is 2.50 bits per heavy atom. The summed E-state index contributed by atoms with van der Waals surface area (Å²) in [5, 5.41) is 17.3. The molecular weight excluding hydrogens is 497 g/mol. The van der Waals surface area contributed by atoms with E-state index in [4.69, 9.17) is 19.2 Å². The Morgan fingerprint density at radius 1 is 1.17 bits per heavy atom. The fourth-order valence-electron chi connectivity index (χ4n) is 3.92. The zero-order chi connectivity index (χ0) is 21.1. The van der Waals surface area contributed by atoms with Gasteiger partial charge in [-0.25, -0.2) is 0 Å².